The molecule has 28 heavy (non-hydrogen) atoms. The topological polar surface area (TPSA) is 76.1 Å². The maximum absolute atomic E-state index is 11.7. The zero-order valence-electron chi connectivity index (χ0n) is 15.5. The first-order valence-electron chi connectivity index (χ1n) is 9.27. The quantitative estimate of drug-likeness (QED) is 0.620. The van der Waals surface area contributed by atoms with E-state index >= 15 is 0 Å². The molecule has 7 heteroatoms. The predicted molar refractivity (Wildman–Crippen MR) is 110 cm³/mol. The molecule has 1 saturated heterocycles. The van der Waals surface area contributed by atoms with Crippen molar-refractivity contribution in [1.29, 1.82) is 0 Å². The van der Waals surface area contributed by atoms with Gasteiger partial charge in [-0.25, -0.2) is 9.97 Å². The van der Waals surface area contributed by atoms with Gasteiger partial charge in [-0.05, 0) is 35.7 Å². The van der Waals surface area contributed by atoms with Crippen molar-refractivity contribution in [1.82, 2.24) is 15.3 Å². The third-order valence-electron chi connectivity index (χ3n) is 4.84. The zero-order valence-corrected chi connectivity index (χ0v) is 16.2. The number of rotatable bonds is 6. The molecule has 0 spiro atoms. The number of halogens is 1. The Hall–Kier alpha value is -2.86. The van der Waals surface area contributed by atoms with Crippen LogP contribution < -0.4 is 15.4 Å². The Labute approximate surface area is 168 Å². The molecule has 0 aliphatic carbocycles. The zero-order chi connectivity index (χ0) is 19.5. The minimum absolute atomic E-state index is 0.00532. The lowest BCUT2D eigenvalue weighted by atomic mass is 10.1. The highest BCUT2D eigenvalue weighted by molar-refractivity contribution is 6.29. The molecule has 2 heterocycles. The van der Waals surface area contributed by atoms with Crippen molar-refractivity contribution in [2.24, 2.45) is 5.92 Å². The maximum atomic E-state index is 11.7. The standard InChI is InChI=1S/C21H21ClN4O2/c1-13-10-15(24-20(13)27)12-28-17-9-5-8-16-18(17)25-21(22)26-19(16)23-11-14-6-3-2-4-7-14/h2-9,13,15H,10-12H2,1H3,(H,24,27)(H,23,25,26)/t13-,15-/m1/s1. The van der Waals surface area contributed by atoms with Crippen LogP contribution in [0.1, 0.15) is 18.9 Å². The first-order valence-corrected chi connectivity index (χ1v) is 9.65. The van der Waals surface area contributed by atoms with Gasteiger partial charge in [-0.1, -0.05) is 43.3 Å². The second-order valence-electron chi connectivity index (χ2n) is 6.99. The number of benzene rings is 2. The summed E-state index contributed by atoms with van der Waals surface area (Å²) < 4.78 is 5.98. The Morgan fingerprint density at radius 2 is 2.00 bits per heavy atom. The Balaban J connectivity index is 1.55. The lowest BCUT2D eigenvalue weighted by molar-refractivity contribution is -0.122. The highest BCUT2D eigenvalue weighted by atomic mass is 35.5. The second kappa shape index (κ2) is 8.02. The summed E-state index contributed by atoms with van der Waals surface area (Å²) in [7, 11) is 0. The Morgan fingerprint density at radius 1 is 1.18 bits per heavy atom. The van der Waals surface area contributed by atoms with E-state index in [9.17, 15) is 4.79 Å². The SMILES string of the molecule is C[C@@H]1C[C@H](COc2cccc3c(NCc4ccccc4)nc(Cl)nc23)NC1=O. The average molecular weight is 397 g/mol. The van der Waals surface area contributed by atoms with Crippen LogP contribution in [0.4, 0.5) is 5.82 Å². The van der Waals surface area contributed by atoms with Gasteiger partial charge in [0.15, 0.2) is 0 Å². The third kappa shape index (κ3) is 4.02. The van der Waals surface area contributed by atoms with Gasteiger partial charge in [-0.15, -0.1) is 0 Å². The number of para-hydroxylation sites is 1. The molecule has 1 aliphatic rings. The van der Waals surface area contributed by atoms with Crippen molar-refractivity contribution in [3.63, 3.8) is 0 Å². The van der Waals surface area contributed by atoms with Crippen molar-refractivity contribution < 1.29 is 9.53 Å². The number of ether oxygens (including phenoxy) is 1. The van der Waals surface area contributed by atoms with E-state index in [1.165, 1.54) is 0 Å². The summed E-state index contributed by atoms with van der Waals surface area (Å²) in [6, 6.07) is 15.8. The van der Waals surface area contributed by atoms with Crippen molar-refractivity contribution in [3.8, 4) is 5.75 Å². The van der Waals surface area contributed by atoms with Gasteiger partial charge in [0.05, 0.1) is 6.04 Å². The number of carbonyl (C=O) groups is 1. The largest absolute Gasteiger partial charge is 0.489 e. The number of hydrogen-bond acceptors (Lipinski definition) is 5. The minimum atomic E-state index is 0.00532. The van der Waals surface area contributed by atoms with Gasteiger partial charge >= 0.3 is 0 Å². The molecule has 0 saturated carbocycles. The number of amides is 1. The van der Waals surface area contributed by atoms with Crippen LogP contribution in [0.25, 0.3) is 10.9 Å². The lowest BCUT2D eigenvalue weighted by Crippen LogP contribution is -2.31. The number of nitrogens with one attached hydrogen (secondary N) is 2. The van der Waals surface area contributed by atoms with Crippen LogP contribution in [0.2, 0.25) is 5.28 Å². The summed E-state index contributed by atoms with van der Waals surface area (Å²) in [5, 5.41) is 7.27. The van der Waals surface area contributed by atoms with E-state index in [1.807, 2.05) is 55.5 Å². The maximum Gasteiger partial charge on any atom is 0.225 e. The van der Waals surface area contributed by atoms with Crippen LogP contribution in [-0.4, -0.2) is 28.5 Å². The normalized spacial score (nSPS) is 18.9. The summed E-state index contributed by atoms with van der Waals surface area (Å²) in [4.78, 5) is 20.4. The fourth-order valence-electron chi connectivity index (χ4n) is 3.37. The number of hydrogen-bond donors (Lipinski definition) is 2. The molecule has 1 amide bonds. The van der Waals surface area contributed by atoms with E-state index in [0.717, 1.165) is 17.4 Å². The van der Waals surface area contributed by atoms with Gasteiger partial charge in [0.1, 0.15) is 23.7 Å². The van der Waals surface area contributed by atoms with Crippen molar-refractivity contribution >= 4 is 34.2 Å². The van der Waals surface area contributed by atoms with Gasteiger partial charge in [-0.2, -0.15) is 0 Å². The first-order chi connectivity index (χ1) is 13.6. The summed E-state index contributed by atoms with van der Waals surface area (Å²) >= 11 is 6.17. The smallest absolute Gasteiger partial charge is 0.225 e. The van der Waals surface area contributed by atoms with Crippen LogP contribution in [0.15, 0.2) is 48.5 Å². The molecule has 144 valence electrons. The van der Waals surface area contributed by atoms with Gasteiger partial charge in [0, 0.05) is 17.8 Å². The van der Waals surface area contributed by atoms with Crippen LogP contribution >= 0.6 is 11.6 Å². The summed E-state index contributed by atoms with van der Waals surface area (Å²) in [6.45, 7) is 2.94. The van der Waals surface area contributed by atoms with E-state index < -0.39 is 0 Å². The van der Waals surface area contributed by atoms with Crippen molar-refractivity contribution in [2.75, 3.05) is 11.9 Å². The number of nitrogens with zero attached hydrogens (tertiary/aromatic N) is 2. The predicted octanol–water partition coefficient (Wildman–Crippen LogP) is 3.80. The van der Waals surface area contributed by atoms with E-state index in [-0.39, 0.29) is 23.2 Å². The number of aromatic nitrogens is 2. The molecule has 4 rings (SSSR count). The molecular weight excluding hydrogens is 376 g/mol. The van der Waals surface area contributed by atoms with E-state index in [0.29, 0.717) is 30.2 Å². The highest BCUT2D eigenvalue weighted by Gasteiger charge is 2.28. The summed E-state index contributed by atoms with van der Waals surface area (Å²) in [5.74, 6) is 1.38. The summed E-state index contributed by atoms with van der Waals surface area (Å²) in [6.07, 6.45) is 0.767. The Bertz CT molecular complexity index is 996. The third-order valence-corrected chi connectivity index (χ3v) is 5.01. The summed E-state index contributed by atoms with van der Waals surface area (Å²) in [5.41, 5.74) is 1.79. The van der Waals surface area contributed by atoms with Gasteiger partial charge in [-0.3, -0.25) is 4.79 Å². The fourth-order valence-corrected chi connectivity index (χ4v) is 3.54. The molecule has 2 atom stereocenters. The molecule has 0 unspecified atom stereocenters. The Morgan fingerprint density at radius 3 is 2.75 bits per heavy atom. The van der Waals surface area contributed by atoms with Gasteiger partial charge in [0.2, 0.25) is 11.2 Å². The molecule has 1 fully saturated rings. The fraction of sp³-hybridized carbons (Fsp3) is 0.286. The molecule has 1 aromatic heterocycles. The number of carbonyl (C=O) groups excluding carboxylic acids is 1. The minimum Gasteiger partial charge on any atom is -0.489 e. The molecule has 3 aromatic rings. The first kappa shape index (κ1) is 18.5. The van der Waals surface area contributed by atoms with Crippen molar-refractivity contribution in [3.05, 3.63) is 59.4 Å². The molecule has 2 aromatic carbocycles. The molecule has 1 aliphatic heterocycles. The van der Waals surface area contributed by atoms with Crippen LogP contribution in [0.5, 0.6) is 5.75 Å². The van der Waals surface area contributed by atoms with E-state index in [1.54, 1.807) is 0 Å². The molecule has 0 radical (unpaired) electrons. The van der Waals surface area contributed by atoms with Gasteiger partial charge < -0.3 is 15.4 Å². The van der Waals surface area contributed by atoms with E-state index in [2.05, 4.69) is 20.6 Å². The molecule has 2 N–H and O–H groups in total. The second-order valence-corrected chi connectivity index (χ2v) is 7.32. The van der Waals surface area contributed by atoms with Crippen LogP contribution in [0, 0.1) is 5.92 Å². The number of fused-ring (bicyclic) bond motifs is 1. The van der Waals surface area contributed by atoms with Gasteiger partial charge in [0.25, 0.3) is 0 Å². The van der Waals surface area contributed by atoms with E-state index in [4.69, 9.17) is 16.3 Å². The van der Waals surface area contributed by atoms with Crippen LogP contribution in [0.3, 0.4) is 0 Å². The molecule has 6 nitrogen and oxygen atoms in total. The van der Waals surface area contributed by atoms with Crippen molar-refractivity contribution in [2.45, 2.75) is 25.9 Å². The molecular formula is C21H21ClN4O2. The average Bonchev–Trinajstić information content (AvgIpc) is 3.03. The monoisotopic (exact) mass is 396 g/mol. The Kier molecular flexibility index (Phi) is 5.30. The molecule has 0 bridgehead atoms. The number of anilines is 1. The lowest BCUT2D eigenvalue weighted by Gasteiger charge is -2.15. The highest BCUT2D eigenvalue weighted by Crippen LogP contribution is 2.30. The van der Waals surface area contributed by atoms with Crippen LogP contribution in [-0.2, 0) is 11.3 Å².